The normalized spacial score (nSPS) is 11.6. The van der Waals surface area contributed by atoms with Gasteiger partial charge >= 0.3 is 0 Å². The summed E-state index contributed by atoms with van der Waals surface area (Å²) in [5.74, 6) is 0.838. The predicted octanol–water partition coefficient (Wildman–Crippen LogP) is 7.91. The molecule has 0 saturated heterocycles. The van der Waals surface area contributed by atoms with E-state index in [0.717, 1.165) is 24.3 Å². The van der Waals surface area contributed by atoms with Gasteiger partial charge in [-0.05, 0) is 49.8 Å². The Morgan fingerprint density at radius 1 is 0.821 bits per heavy atom. The Balaban J connectivity index is 1.85. The van der Waals surface area contributed by atoms with E-state index in [1.807, 2.05) is 24.3 Å². The molecule has 1 rings (SSSR count). The number of hydrogen-bond acceptors (Lipinski definition) is 3. The second kappa shape index (κ2) is 18.6. The van der Waals surface area contributed by atoms with Crippen LogP contribution in [-0.2, 0) is 0 Å². The summed E-state index contributed by atoms with van der Waals surface area (Å²) in [5, 5.41) is 11.6. The van der Waals surface area contributed by atoms with Crippen LogP contribution in [-0.4, -0.2) is 18.0 Å². The minimum absolute atomic E-state index is 0.751. The van der Waals surface area contributed by atoms with Crippen molar-refractivity contribution in [2.45, 2.75) is 96.8 Å². The van der Waals surface area contributed by atoms with Crippen molar-refractivity contribution < 1.29 is 9.94 Å². The summed E-state index contributed by atoms with van der Waals surface area (Å²) < 4.78 is 5.76. The van der Waals surface area contributed by atoms with Crippen LogP contribution in [0.4, 0.5) is 0 Å². The first-order chi connectivity index (χ1) is 13.9. The molecule has 0 spiro atoms. The second-order valence-electron chi connectivity index (χ2n) is 7.60. The van der Waals surface area contributed by atoms with E-state index in [-0.39, 0.29) is 0 Å². The number of unbranched alkanes of at least 4 members (excludes halogenated alkanes) is 12. The number of ether oxygens (including phenoxy) is 1. The van der Waals surface area contributed by atoms with Crippen molar-refractivity contribution in [3.8, 4) is 5.75 Å². The minimum atomic E-state index is 0.751. The van der Waals surface area contributed by atoms with Gasteiger partial charge in [0.1, 0.15) is 5.75 Å². The molecule has 0 radical (unpaired) electrons. The molecule has 1 aromatic rings. The van der Waals surface area contributed by atoms with Gasteiger partial charge in [-0.25, -0.2) is 0 Å². The van der Waals surface area contributed by atoms with Crippen LogP contribution in [0.2, 0.25) is 0 Å². The first-order valence-electron chi connectivity index (χ1n) is 11.4. The zero-order valence-corrected chi connectivity index (χ0v) is 18.0. The van der Waals surface area contributed by atoms with Crippen LogP contribution in [0.1, 0.15) is 102 Å². The Hall–Kier alpha value is -1.77. The van der Waals surface area contributed by atoms with Crippen molar-refractivity contribution >= 4 is 6.21 Å². The fourth-order valence-corrected chi connectivity index (χ4v) is 3.29. The lowest BCUT2D eigenvalue weighted by Crippen LogP contribution is -1.97. The fraction of sp³-hybridized carbons (Fsp3) is 0.640. The van der Waals surface area contributed by atoms with E-state index < -0.39 is 0 Å². The fourth-order valence-electron chi connectivity index (χ4n) is 3.29. The van der Waals surface area contributed by atoms with Crippen LogP contribution in [0.3, 0.4) is 0 Å². The number of allylic oxidation sites excluding steroid dienone is 2. The first kappa shape index (κ1) is 24.3. The number of rotatable bonds is 18. The maximum atomic E-state index is 8.57. The third-order valence-electron chi connectivity index (χ3n) is 4.99. The van der Waals surface area contributed by atoms with E-state index in [2.05, 4.69) is 24.2 Å². The van der Waals surface area contributed by atoms with E-state index in [1.54, 1.807) is 0 Å². The maximum absolute atomic E-state index is 8.57. The summed E-state index contributed by atoms with van der Waals surface area (Å²) in [4.78, 5) is 0. The van der Waals surface area contributed by atoms with Crippen LogP contribution in [0.15, 0.2) is 41.6 Å². The van der Waals surface area contributed by atoms with Crippen LogP contribution in [0.25, 0.3) is 0 Å². The lowest BCUT2D eigenvalue weighted by molar-refractivity contribution is 0.304. The maximum Gasteiger partial charge on any atom is 0.119 e. The van der Waals surface area contributed by atoms with Crippen LogP contribution in [0, 0.1) is 0 Å². The molecule has 3 nitrogen and oxygen atoms in total. The van der Waals surface area contributed by atoms with Gasteiger partial charge in [0.15, 0.2) is 0 Å². The summed E-state index contributed by atoms with van der Waals surface area (Å²) in [7, 11) is 0. The molecule has 158 valence electrons. The zero-order chi connectivity index (χ0) is 20.1. The van der Waals surface area contributed by atoms with E-state index >= 15 is 0 Å². The Labute approximate surface area is 172 Å². The molecule has 0 saturated carbocycles. The summed E-state index contributed by atoms with van der Waals surface area (Å²) in [5.41, 5.74) is 0.848. The van der Waals surface area contributed by atoms with E-state index in [4.69, 9.17) is 9.94 Å². The van der Waals surface area contributed by atoms with Crippen molar-refractivity contribution in [1.82, 2.24) is 0 Å². The van der Waals surface area contributed by atoms with Gasteiger partial charge in [-0.3, -0.25) is 0 Å². The monoisotopic (exact) mass is 387 g/mol. The lowest BCUT2D eigenvalue weighted by Gasteiger charge is -2.06. The summed E-state index contributed by atoms with van der Waals surface area (Å²) in [6, 6.07) is 7.62. The number of oxime groups is 1. The van der Waals surface area contributed by atoms with E-state index in [0.29, 0.717) is 0 Å². The van der Waals surface area contributed by atoms with Crippen LogP contribution in [0.5, 0.6) is 5.75 Å². The summed E-state index contributed by atoms with van der Waals surface area (Å²) in [6.45, 7) is 3.02. The molecule has 0 heterocycles. The number of hydrogen-bond donors (Lipinski definition) is 1. The van der Waals surface area contributed by atoms with Crippen molar-refractivity contribution in [2.75, 3.05) is 6.61 Å². The molecule has 0 aliphatic heterocycles. The van der Waals surface area contributed by atoms with Gasteiger partial charge in [-0.1, -0.05) is 94.2 Å². The zero-order valence-electron chi connectivity index (χ0n) is 18.0. The molecule has 3 heteroatoms. The third kappa shape index (κ3) is 14.3. The molecule has 28 heavy (non-hydrogen) atoms. The van der Waals surface area contributed by atoms with Crippen LogP contribution >= 0.6 is 0 Å². The number of benzene rings is 1. The highest BCUT2D eigenvalue weighted by Crippen LogP contribution is 2.14. The molecule has 0 bridgehead atoms. The molecular formula is C25H41NO2. The molecule has 1 N–H and O–H groups in total. The Kier molecular flexibility index (Phi) is 16.1. The van der Waals surface area contributed by atoms with Crippen molar-refractivity contribution in [1.29, 1.82) is 0 Å². The van der Waals surface area contributed by atoms with Crippen LogP contribution < -0.4 is 4.74 Å². The van der Waals surface area contributed by atoms with Gasteiger partial charge in [0.25, 0.3) is 0 Å². The third-order valence-corrected chi connectivity index (χ3v) is 4.99. The summed E-state index contributed by atoms with van der Waals surface area (Å²) in [6.07, 6.45) is 24.6. The SMILES string of the molecule is CCCCCCCCC=CCCCCCCCCOc1cccc(C=NO)c1. The largest absolute Gasteiger partial charge is 0.494 e. The van der Waals surface area contributed by atoms with Crippen molar-refractivity contribution in [3.63, 3.8) is 0 Å². The minimum Gasteiger partial charge on any atom is -0.494 e. The first-order valence-corrected chi connectivity index (χ1v) is 11.4. The number of nitrogens with zero attached hydrogens (tertiary/aromatic N) is 1. The topological polar surface area (TPSA) is 41.8 Å². The summed E-state index contributed by atoms with van der Waals surface area (Å²) >= 11 is 0. The molecule has 0 aromatic heterocycles. The Morgan fingerprint density at radius 2 is 1.43 bits per heavy atom. The van der Waals surface area contributed by atoms with E-state index in [9.17, 15) is 0 Å². The second-order valence-corrected chi connectivity index (χ2v) is 7.60. The van der Waals surface area contributed by atoms with Gasteiger partial charge in [-0.15, -0.1) is 0 Å². The molecular weight excluding hydrogens is 346 g/mol. The Bertz CT molecular complexity index is 525. The van der Waals surface area contributed by atoms with Crippen molar-refractivity contribution in [3.05, 3.63) is 42.0 Å². The Morgan fingerprint density at radius 3 is 2.07 bits per heavy atom. The molecule has 0 fully saturated rings. The molecule has 1 aromatic carbocycles. The van der Waals surface area contributed by atoms with E-state index in [1.165, 1.54) is 89.7 Å². The van der Waals surface area contributed by atoms with Gasteiger partial charge in [0.05, 0.1) is 12.8 Å². The average Bonchev–Trinajstić information content (AvgIpc) is 2.71. The standard InChI is InChI=1S/C25H41NO2/c1-2-3-4-5-6-7-8-9-10-11-12-13-14-15-16-17-21-28-25-20-18-19-24(22-25)23-26-27/h9-10,18-20,22-23,27H,2-8,11-17,21H2,1H3. The van der Waals surface area contributed by atoms with Gasteiger partial charge in [0.2, 0.25) is 0 Å². The highest BCUT2D eigenvalue weighted by molar-refractivity contribution is 5.79. The van der Waals surface area contributed by atoms with Gasteiger partial charge < -0.3 is 9.94 Å². The quantitative estimate of drug-likeness (QED) is 0.0914. The highest BCUT2D eigenvalue weighted by Gasteiger charge is 1.96. The average molecular weight is 388 g/mol. The highest BCUT2D eigenvalue weighted by atomic mass is 16.5. The molecule has 0 aliphatic rings. The van der Waals surface area contributed by atoms with Crippen molar-refractivity contribution in [2.24, 2.45) is 5.16 Å². The molecule has 0 atom stereocenters. The lowest BCUT2D eigenvalue weighted by atomic mass is 10.1. The smallest absolute Gasteiger partial charge is 0.119 e. The van der Waals surface area contributed by atoms with Gasteiger partial charge in [0, 0.05) is 0 Å². The predicted molar refractivity (Wildman–Crippen MR) is 121 cm³/mol. The molecule has 0 amide bonds. The van der Waals surface area contributed by atoms with Gasteiger partial charge in [-0.2, -0.15) is 0 Å². The molecule has 0 aliphatic carbocycles. The molecule has 0 unspecified atom stereocenters.